The molecule has 0 spiro atoms. The van der Waals surface area contributed by atoms with Crippen molar-refractivity contribution in [3.05, 3.63) is 0 Å². The predicted molar refractivity (Wildman–Crippen MR) is 222 cm³/mol. The van der Waals surface area contributed by atoms with Crippen molar-refractivity contribution in [1.82, 2.24) is 5.32 Å². The average molecular weight is 1060 g/mol. The normalized spacial score (nSPS) is 50.4. The number of rotatable bonds is 19. The van der Waals surface area contributed by atoms with Gasteiger partial charge in [0, 0.05) is 13.5 Å². The molecule has 32 nitrogen and oxygen atoms in total. The van der Waals surface area contributed by atoms with E-state index in [1.807, 2.05) is 0 Å². The first-order valence-electron chi connectivity index (χ1n) is 23.2. The molecule has 30 atom stereocenters. The Labute approximate surface area is 409 Å². The molecular formula is C40H70N2O30. The van der Waals surface area contributed by atoms with Gasteiger partial charge < -0.3 is 155 Å². The number of ether oxygens (including phenoxy) is 12. The number of hydrogen-bond donors (Lipinski definition) is 19. The zero-order valence-corrected chi connectivity index (χ0v) is 38.8. The summed E-state index contributed by atoms with van der Waals surface area (Å²) in [5.74, 6) is -0.860. The van der Waals surface area contributed by atoms with Gasteiger partial charge in [0.15, 0.2) is 37.7 Å². The van der Waals surface area contributed by atoms with E-state index in [1.54, 1.807) is 0 Å². The smallest absolute Gasteiger partial charge is 0.217 e. The van der Waals surface area contributed by atoms with E-state index in [0.717, 1.165) is 6.92 Å². The topological polar surface area (TPSA) is 510 Å². The van der Waals surface area contributed by atoms with Gasteiger partial charge in [0.2, 0.25) is 5.91 Å². The fraction of sp³-hybridized carbons (Fsp3) is 0.975. The molecule has 0 radical (unpaired) electrons. The van der Waals surface area contributed by atoms with Crippen LogP contribution in [0.5, 0.6) is 0 Å². The maximum atomic E-state index is 12.8. The molecule has 0 aromatic heterocycles. The Morgan fingerprint density at radius 3 is 1.35 bits per heavy atom. The second kappa shape index (κ2) is 26.1. The first-order valence-corrected chi connectivity index (χ1v) is 23.2. The van der Waals surface area contributed by atoms with Crippen molar-refractivity contribution in [3.63, 3.8) is 0 Å². The molecule has 0 unspecified atom stereocenters. The van der Waals surface area contributed by atoms with E-state index < -0.39 is 223 Å². The van der Waals surface area contributed by atoms with Gasteiger partial charge in [-0.2, -0.15) is 0 Å². The van der Waals surface area contributed by atoms with E-state index >= 15 is 0 Å². The summed E-state index contributed by atoms with van der Waals surface area (Å²) in [5, 5.41) is 185. The van der Waals surface area contributed by atoms with Crippen molar-refractivity contribution < 1.29 is 148 Å². The molecule has 6 heterocycles. The minimum absolute atomic E-state index is 0.0195. The lowest BCUT2D eigenvalue weighted by atomic mass is 9.94. The molecular weight excluding hydrogens is 988 g/mol. The summed E-state index contributed by atoms with van der Waals surface area (Å²) in [7, 11) is 0. The molecule has 20 N–H and O–H groups in total. The molecule has 72 heavy (non-hydrogen) atoms. The number of carbonyl (C=O) groups excluding carboxylic acids is 1. The van der Waals surface area contributed by atoms with Crippen molar-refractivity contribution in [3.8, 4) is 0 Å². The molecule has 0 aliphatic carbocycles. The Bertz CT molecular complexity index is 1670. The van der Waals surface area contributed by atoms with Gasteiger partial charge in [-0.25, -0.2) is 0 Å². The van der Waals surface area contributed by atoms with E-state index in [9.17, 15) is 91.6 Å². The van der Waals surface area contributed by atoms with Gasteiger partial charge in [-0.15, -0.1) is 0 Å². The van der Waals surface area contributed by atoms with Crippen molar-refractivity contribution >= 4 is 5.91 Å². The number of nitrogens with two attached hydrogens (primary N) is 1. The van der Waals surface area contributed by atoms with Gasteiger partial charge in [-0.3, -0.25) is 4.79 Å². The fourth-order valence-corrected chi connectivity index (χ4v) is 9.15. The third-order valence-electron chi connectivity index (χ3n) is 13.2. The Kier molecular flexibility index (Phi) is 21.6. The Morgan fingerprint density at radius 2 is 0.806 bits per heavy atom. The summed E-state index contributed by atoms with van der Waals surface area (Å²) in [6.07, 6.45) is -53.3. The average Bonchev–Trinajstić information content (AvgIpc) is 3.36. The standard InChI is InChI=1S/C40H70N2O30/c1-10-18(49)22(53)26(57)37(62-10)72-34-23(54)19(50)12(5-43)65-40(34)70-32-17(42-11(2)48)35(63-13(6-44)20(32)51)71-33-21(52)14(7-45)64-39(29(33)60)69-31-16(9-47)67-38(28(59)25(31)56)68-30-15(8-46)66-36(61-4-3-41)27(58)24(30)55/h10,12-40,43-47,49-60H,3-9,41H2,1-2H3,(H,42,48)/t10-,12+,13+,14+,15+,16+,17+,18+,19-,20-,21-,22+,23-,24+,25+,26-,27+,28+,29+,30+,31-,32+,33-,34+,35-,36+,37-,38-,39+,40-/m0/s1. The zero-order chi connectivity index (χ0) is 53.0. The number of aliphatic hydroxyl groups is 17. The highest BCUT2D eigenvalue weighted by Crippen LogP contribution is 2.37. The molecule has 6 saturated heterocycles. The SMILES string of the molecule is CC(=O)N[C@H]1[C@H](O[C@H]2[C@@H](O)[C@@H](CO)O[C@H](O[C@@H]3[C@H](O)[C@@H](O)[C@H](O[C@H]4[C@H](O)[C@@H](O)[C@H](OCCN)O[C@@H]4CO)O[C@@H]3CO)[C@@H]2O)O[C@H](CO)[C@H](O)[C@@H]1O[C@@H]1O[C@H](CO)[C@H](O)[C@H](O)[C@H]1O[C@@H]1O[C@@H](C)[C@@H](O)[C@@H](O)[C@@H]1O. The zero-order valence-electron chi connectivity index (χ0n) is 38.8. The first kappa shape index (κ1) is 59.5. The van der Waals surface area contributed by atoms with Gasteiger partial charge >= 0.3 is 0 Å². The summed E-state index contributed by atoms with van der Waals surface area (Å²) >= 11 is 0. The lowest BCUT2D eigenvalue weighted by Crippen LogP contribution is -2.70. The second-order valence-electron chi connectivity index (χ2n) is 18.1. The Hall–Kier alpha value is -1.73. The van der Waals surface area contributed by atoms with Gasteiger partial charge in [-0.05, 0) is 6.92 Å². The van der Waals surface area contributed by atoms with Crippen LogP contribution in [0.15, 0.2) is 0 Å². The predicted octanol–water partition coefficient (Wildman–Crippen LogP) is -12.9. The third-order valence-corrected chi connectivity index (χ3v) is 13.2. The number of amides is 1. The molecule has 6 fully saturated rings. The fourth-order valence-electron chi connectivity index (χ4n) is 9.15. The summed E-state index contributed by atoms with van der Waals surface area (Å²) < 4.78 is 68.5. The summed E-state index contributed by atoms with van der Waals surface area (Å²) in [5.41, 5.74) is 5.43. The highest BCUT2D eigenvalue weighted by atomic mass is 16.8. The highest BCUT2D eigenvalue weighted by molar-refractivity contribution is 5.73. The van der Waals surface area contributed by atoms with Crippen LogP contribution in [0.3, 0.4) is 0 Å². The van der Waals surface area contributed by atoms with Crippen LogP contribution >= 0.6 is 0 Å². The largest absolute Gasteiger partial charge is 0.394 e. The van der Waals surface area contributed by atoms with E-state index in [2.05, 4.69) is 5.32 Å². The molecule has 0 saturated carbocycles. The van der Waals surface area contributed by atoms with Crippen LogP contribution in [-0.4, -0.2) is 323 Å². The number of carbonyl (C=O) groups is 1. The van der Waals surface area contributed by atoms with E-state index in [-0.39, 0.29) is 13.2 Å². The molecule has 420 valence electrons. The van der Waals surface area contributed by atoms with Crippen LogP contribution in [0.25, 0.3) is 0 Å². The Balaban J connectivity index is 1.22. The van der Waals surface area contributed by atoms with Crippen LogP contribution in [0, 0.1) is 0 Å². The van der Waals surface area contributed by atoms with Crippen LogP contribution < -0.4 is 11.1 Å². The maximum Gasteiger partial charge on any atom is 0.217 e. The summed E-state index contributed by atoms with van der Waals surface area (Å²) in [6, 6.07) is -1.78. The minimum Gasteiger partial charge on any atom is -0.394 e. The van der Waals surface area contributed by atoms with E-state index in [1.165, 1.54) is 6.92 Å². The number of nitrogens with one attached hydrogen (secondary N) is 1. The monoisotopic (exact) mass is 1060 g/mol. The van der Waals surface area contributed by atoms with Gasteiger partial charge in [0.25, 0.3) is 0 Å². The lowest BCUT2D eigenvalue weighted by molar-refractivity contribution is -0.393. The van der Waals surface area contributed by atoms with Crippen LogP contribution in [0.4, 0.5) is 0 Å². The van der Waals surface area contributed by atoms with Gasteiger partial charge in [0.1, 0.15) is 140 Å². The third kappa shape index (κ3) is 12.7. The van der Waals surface area contributed by atoms with Gasteiger partial charge in [0.05, 0.1) is 45.7 Å². The number of aliphatic hydroxyl groups excluding tert-OH is 17. The van der Waals surface area contributed by atoms with E-state index in [0.29, 0.717) is 0 Å². The van der Waals surface area contributed by atoms with Crippen molar-refractivity contribution in [2.75, 3.05) is 46.2 Å². The quantitative estimate of drug-likeness (QED) is 0.0571. The molecule has 1 amide bonds. The highest BCUT2D eigenvalue weighted by Gasteiger charge is 2.58. The van der Waals surface area contributed by atoms with Crippen molar-refractivity contribution in [2.45, 2.75) is 198 Å². The maximum absolute atomic E-state index is 12.8. The number of hydrogen-bond acceptors (Lipinski definition) is 31. The molecule has 0 bridgehead atoms. The van der Waals surface area contributed by atoms with Crippen molar-refractivity contribution in [1.29, 1.82) is 0 Å². The molecule has 6 rings (SSSR count). The molecule has 0 aromatic carbocycles. The van der Waals surface area contributed by atoms with Crippen LogP contribution in [0.1, 0.15) is 13.8 Å². The molecule has 0 aromatic rings. The molecule has 6 aliphatic heterocycles. The Morgan fingerprint density at radius 1 is 0.417 bits per heavy atom. The second-order valence-corrected chi connectivity index (χ2v) is 18.1. The molecule has 6 aliphatic rings. The van der Waals surface area contributed by atoms with Gasteiger partial charge in [-0.1, -0.05) is 0 Å². The first-order chi connectivity index (χ1) is 34.2. The van der Waals surface area contributed by atoms with E-state index in [4.69, 9.17) is 62.6 Å². The van der Waals surface area contributed by atoms with Crippen LogP contribution in [0.2, 0.25) is 0 Å². The molecule has 32 heteroatoms. The lowest BCUT2D eigenvalue weighted by Gasteiger charge is -2.51. The van der Waals surface area contributed by atoms with Crippen molar-refractivity contribution in [2.24, 2.45) is 5.73 Å². The minimum atomic E-state index is -2.21. The summed E-state index contributed by atoms with van der Waals surface area (Å²) in [6.45, 7) is -2.54. The van der Waals surface area contributed by atoms with Crippen LogP contribution in [-0.2, 0) is 61.6 Å². The summed E-state index contributed by atoms with van der Waals surface area (Å²) in [4.78, 5) is 12.8.